The van der Waals surface area contributed by atoms with Gasteiger partial charge < -0.3 is 9.88 Å². The first kappa shape index (κ1) is 10.6. The van der Waals surface area contributed by atoms with Crippen molar-refractivity contribution >= 4 is 0 Å². The highest BCUT2D eigenvalue weighted by Crippen LogP contribution is 2.08. The average molecular weight is 208 g/mol. The van der Waals surface area contributed by atoms with Gasteiger partial charge in [-0.15, -0.1) is 0 Å². The number of fused-ring (bicyclic) bond motifs is 1. The van der Waals surface area contributed by atoms with Crippen LogP contribution < -0.4 is 5.32 Å². The SMILES string of the molecule is CC(C)NCCN1CCn2ccnc2C1. The van der Waals surface area contributed by atoms with Gasteiger partial charge in [0.2, 0.25) is 0 Å². The van der Waals surface area contributed by atoms with Crippen LogP contribution in [0.2, 0.25) is 0 Å². The van der Waals surface area contributed by atoms with Crippen molar-refractivity contribution in [2.45, 2.75) is 33.0 Å². The van der Waals surface area contributed by atoms with Crippen molar-refractivity contribution in [1.29, 1.82) is 0 Å². The van der Waals surface area contributed by atoms with Gasteiger partial charge in [0.25, 0.3) is 0 Å². The monoisotopic (exact) mass is 208 g/mol. The van der Waals surface area contributed by atoms with Crippen LogP contribution >= 0.6 is 0 Å². The first-order chi connectivity index (χ1) is 7.25. The van der Waals surface area contributed by atoms with Gasteiger partial charge >= 0.3 is 0 Å². The molecular formula is C11H20N4. The highest BCUT2D eigenvalue weighted by atomic mass is 15.2. The summed E-state index contributed by atoms with van der Waals surface area (Å²) in [5, 5.41) is 3.44. The molecule has 0 radical (unpaired) electrons. The second kappa shape index (κ2) is 4.77. The first-order valence-corrected chi connectivity index (χ1v) is 5.71. The molecule has 2 rings (SSSR count). The molecule has 1 aromatic rings. The molecule has 0 aromatic carbocycles. The normalized spacial score (nSPS) is 17.0. The minimum absolute atomic E-state index is 0.580. The van der Waals surface area contributed by atoms with Gasteiger partial charge in [-0.1, -0.05) is 13.8 Å². The number of hydrogen-bond acceptors (Lipinski definition) is 3. The number of hydrogen-bond donors (Lipinski definition) is 1. The third-order valence-corrected chi connectivity index (χ3v) is 2.80. The van der Waals surface area contributed by atoms with Gasteiger partial charge in [-0.25, -0.2) is 4.98 Å². The fourth-order valence-electron chi connectivity index (χ4n) is 1.93. The van der Waals surface area contributed by atoms with Crippen LogP contribution in [0.3, 0.4) is 0 Å². The smallest absolute Gasteiger partial charge is 0.122 e. The zero-order valence-corrected chi connectivity index (χ0v) is 9.61. The van der Waals surface area contributed by atoms with E-state index in [0.29, 0.717) is 6.04 Å². The highest BCUT2D eigenvalue weighted by molar-refractivity contribution is 4.95. The molecule has 15 heavy (non-hydrogen) atoms. The summed E-state index contributed by atoms with van der Waals surface area (Å²) in [6, 6.07) is 0.580. The van der Waals surface area contributed by atoms with Crippen LogP contribution in [-0.2, 0) is 13.1 Å². The van der Waals surface area contributed by atoms with Crippen LogP contribution in [0.5, 0.6) is 0 Å². The predicted molar refractivity (Wildman–Crippen MR) is 60.6 cm³/mol. The zero-order chi connectivity index (χ0) is 10.7. The molecule has 0 bridgehead atoms. The minimum atomic E-state index is 0.580. The summed E-state index contributed by atoms with van der Waals surface area (Å²) in [6.45, 7) is 9.77. The van der Waals surface area contributed by atoms with E-state index in [-0.39, 0.29) is 0 Å². The predicted octanol–water partition coefficient (Wildman–Crippen LogP) is 0.697. The van der Waals surface area contributed by atoms with E-state index in [1.54, 1.807) is 0 Å². The number of nitrogens with zero attached hydrogens (tertiary/aromatic N) is 3. The average Bonchev–Trinajstić information content (AvgIpc) is 2.64. The molecule has 1 aliphatic heterocycles. The molecule has 84 valence electrons. The van der Waals surface area contributed by atoms with Crippen molar-refractivity contribution < 1.29 is 0 Å². The zero-order valence-electron chi connectivity index (χ0n) is 9.61. The van der Waals surface area contributed by atoms with Crippen LogP contribution in [0.4, 0.5) is 0 Å². The summed E-state index contributed by atoms with van der Waals surface area (Å²) in [6.07, 6.45) is 3.96. The summed E-state index contributed by atoms with van der Waals surface area (Å²) in [7, 11) is 0. The lowest BCUT2D eigenvalue weighted by molar-refractivity contribution is 0.216. The molecule has 0 spiro atoms. The molecule has 0 aliphatic carbocycles. The number of imidazole rings is 1. The lowest BCUT2D eigenvalue weighted by atomic mass is 10.3. The Hall–Kier alpha value is -0.870. The maximum atomic E-state index is 4.35. The Morgan fingerprint density at radius 3 is 3.13 bits per heavy atom. The summed E-state index contributed by atoms with van der Waals surface area (Å²) < 4.78 is 2.24. The van der Waals surface area contributed by atoms with Crippen molar-refractivity contribution in [3.05, 3.63) is 18.2 Å². The van der Waals surface area contributed by atoms with E-state index in [4.69, 9.17) is 0 Å². The van der Waals surface area contributed by atoms with Crippen molar-refractivity contribution in [3.63, 3.8) is 0 Å². The van der Waals surface area contributed by atoms with E-state index in [0.717, 1.165) is 32.7 Å². The van der Waals surface area contributed by atoms with Gasteiger partial charge in [0.15, 0.2) is 0 Å². The van der Waals surface area contributed by atoms with Crippen molar-refractivity contribution in [2.24, 2.45) is 0 Å². The standard InChI is InChI=1S/C11H20N4/c1-10(2)12-3-5-14-7-8-15-6-4-13-11(15)9-14/h4,6,10,12H,3,5,7-9H2,1-2H3. The number of nitrogens with one attached hydrogen (secondary N) is 1. The van der Waals surface area contributed by atoms with E-state index in [2.05, 4.69) is 39.8 Å². The van der Waals surface area contributed by atoms with E-state index in [1.165, 1.54) is 5.82 Å². The Bertz CT molecular complexity index is 305. The van der Waals surface area contributed by atoms with Crippen LogP contribution in [-0.4, -0.2) is 40.1 Å². The summed E-state index contributed by atoms with van der Waals surface area (Å²) in [5.41, 5.74) is 0. The Labute approximate surface area is 91.3 Å². The Kier molecular flexibility index (Phi) is 3.38. The molecular weight excluding hydrogens is 188 g/mol. The lowest BCUT2D eigenvalue weighted by Gasteiger charge is -2.27. The van der Waals surface area contributed by atoms with Gasteiger partial charge in [-0.3, -0.25) is 4.90 Å². The minimum Gasteiger partial charge on any atom is -0.333 e. The largest absolute Gasteiger partial charge is 0.333 e. The Morgan fingerprint density at radius 1 is 1.47 bits per heavy atom. The van der Waals surface area contributed by atoms with Gasteiger partial charge in [-0.05, 0) is 0 Å². The molecule has 0 amide bonds. The fraction of sp³-hybridized carbons (Fsp3) is 0.727. The molecule has 0 saturated carbocycles. The van der Waals surface area contributed by atoms with Gasteiger partial charge in [0.05, 0.1) is 6.54 Å². The van der Waals surface area contributed by atoms with Crippen molar-refractivity contribution in [3.8, 4) is 0 Å². The Balaban J connectivity index is 1.78. The lowest BCUT2D eigenvalue weighted by Crippen LogP contribution is -2.39. The molecule has 0 atom stereocenters. The van der Waals surface area contributed by atoms with Crippen molar-refractivity contribution in [1.82, 2.24) is 19.8 Å². The maximum absolute atomic E-state index is 4.35. The summed E-state index contributed by atoms with van der Waals surface area (Å²) in [5.74, 6) is 1.20. The van der Waals surface area contributed by atoms with E-state index >= 15 is 0 Å². The summed E-state index contributed by atoms with van der Waals surface area (Å²) >= 11 is 0. The second-order valence-electron chi connectivity index (χ2n) is 4.42. The molecule has 2 heterocycles. The van der Waals surface area contributed by atoms with Gasteiger partial charge in [0.1, 0.15) is 5.82 Å². The highest BCUT2D eigenvalue weighted by Gasteiger charge is 2.15. The second-order valence-corrected chi connectivity index (χ2v) is 4.42. The molecule has 4 nitrogen and oxygen atoms in total. The third kappa shape index (κ3) is 2.79. The molecule has 0 saturated heterocycles. The molecule has 1 aromatic heterocycles. The van der Waals surface area contributed by atoms with E-state index in [9.17, 15) is 0 Å². The van der Waals surface area contributed by atoms with E-state index in [1.807, 2.05) is 6.20 Å². The molecule has 0 unspecified atom stereocenters. The summed E-state index contributed by atoms with van der Waals surface area (Å²) in [4.78, 5) is 6.81. The number of rotatable bonds is 4. The van der Waals surface area contributed by atoms with Gasteiger partial charge in [-0.2, -0.15) is 0 Å². The van der Waals surface area contributed by atoms with Crippen LogP contribution in [0.25, 0.3) is 0 Å². The molecule has 1 N–H and O–H groups in total. The quantitative estimate of drug-likeness (QED) is 0.790. The molecule has 0 fully saturated rings. The van der Waals surface area contributed by atoms with Crippen LogP contribution in [0.15, 0.2) is 12.4 Å². The number of aromatic nitrogens is 2. The van der Waals surface area contributed by atoms with Crippen LogP contribution in [0, 0.1) is 0 Å². The Morgan fingerprint density at radius 2 is 2.33 bits per heavy atom. The first-order valence-electron chi connectivity index (χ1n) is 5.71. The molecule has 1 aliphatic rings. The van der Waals surface area contributed by atoms with Gasteiger partial charge in [0, 0.05) is 44.6 Å². The third-order valence-electron chi connectivity index (χ3n) is 2.80. The topological polar surface area (TPSA) is 33.1 Å². The fourth-order valence-corrected chi connectivity index (χ4v) is 1.93. The van der Waals surface area contributed by atoms with Crippen molar-refractivity contribution in [2.75, 3.05) is 19.6 Å². The maximum Gasteiger partial charge on any atom is 0.122 e. The molecule has 4 heteroatoms. The van der Waals surface area contributed by atoms with E-state index < -0.39 is 0 Å². The van der Waals surface area contributed by atoms with Crippen LogP contribution in [0.1, 0.15) is 19.7 Å².